The minimum atomic E-state index is -0.790. The fourth-order valence-electron chi connectivity index (χ4n) is 1.68. The molecule has 80 valence electrons. The Balaban J connectivity index is 2.25. The maximum Gasteiger partial charge on any atom is 0.309 e. The molecule has 0 heterocycles. The summed E-state index contributed by atoms with van der Waals surface area (Å²) in [6.07, 6.45) is 1.71. The molecular weight excluding hydrogens is 216 g/mol. The Kier molecular flexibility index (Phi) is 2.35. The van der Waals surface area contributed by atoms with Gasteiger partial charge in [0.15, 0.2) is 0 Å². The Morgan fingerprint density at radius 1 is 1.47 bits per heavy atom. The van der Waals surface area contributed by atoms with E-state index in [-0.39, 0.29) is 10.8 Å². The predicted octanol–water partition coefficient (Wildman–Crippen LogP) is 2.45. The number of carbonyl (C=O) groups is 1. The lowest BCUT2D eigenvalue weighted by atomic mass is 9.96. The maximum absolute atomic E-state index is 11.0. The average molecular weight is 227 g/mol. The van der Waals surface area contributed by atoms with Crippen LogP contribution in [0.4, 0.5) is 0 Å². The average Bonchev–Trinajstić information content (AvgIpc) is 2.94. The van der Waals surface area contributed by atoms with Crippen molar-refractivity contribution >= 4 is 17.6 Å². The lowest BCUT2D eigenvalue weighted by Gasteiger charge is -2.11. The molecule has 2 N–H and O–H groups in total. The van der Waals surface area contributed by atoms with Crippen LogP contribution in [0.3, 0.4) is 0 Å². The second-order valence-corrected chi connectivity index (χ2v) is 4.42. The molecule has 15 heavy (non-hydrogen) atoms. The number of hydrogen-bond acceptors (Lipinski definition) is 2. The summed E-state index contributed by atoms with van der Waals surface area (Å²) >= 11 is 5.75. The largest absolute Gasteiger partial charge is 0.506 e. The van der Waals surface area contributed by atoms with Crippen molar-refractivity contribution in [3.8, 4) is 5.75 Å². The van der Waals surface area contributed by atoms with E-state index in [4.69, 9.17) is 16.7 Å². The van der Waals surface area contributed by atoms with Gasteiger partial charge in [-0.2, -0.15) is 0 Å². The molecule has 1 aromatic carbocycles. The first-order chi connectivity index (χ1) is 7.05. The molecule has 1 saturated carbocycles. The molecule has 4 heteroatoms. The fraction of sp³-hybridized carbons (Fsp3) is 0.364. The number of carboxylic acids is 1. The standard InChI is InChI=1S/C11H11ClO3/c12-8-3-1-2-7(9(8)13)6-11(4-5-11)10(14)15/h1-3,13H,4-6H2,(H,14,15). The monoisotopic (exact) mass is 226 g/mol. The quantitative estimate of drug-likeness (QED) is 0.833. The molecule has 0 atom stereocenters. The Morgan fingerprint density at radius 2 is 2.13 bits per heavy atom. The van der Waals surface area contributed by atoms with Gasteiger partial charge in [0, 0.05) is 0 Å². The van der Waals surface area contributed by atoms with E-state index in [1.54, 1.807) is 18.2 Å². The van der Waals surface area contributed by atoms with Gasteiger partial charge in [-0.05, 0) is 30.9 Å². The van der Waals surface area contributed by atoms with Crippen LogP contribution in [0.25, 0.3) is 0 Å². The highest BCUT2D eigenvalue weighted by atomic mass is 35.5. The Hall–Kier alpha value is -1.22. The van der Waals surface area contributed by atoms with E-state index in [0.717, 1.165) is 0 Å². The summed E-state index contributed by atoms with van der Waals surface area (Å²) in [6.45, 7) is 0. The molecule has 0 radical (unpaired) electrons. The number of rotatable bonds is 3. The lowest BCUT2D eigenvalue weighted by molar-refractivity contribution is -0.143. The third-order valence-corrected chi connectivity index (χ3v) is 3.21. The zero-order chi connectivity index (χ0) is 11.1. The second-order valence-electron chi connectivity index (χ2n) is 4.01. The van der Waals surface area contributed by atoms with Gasteiger partial charge in [0.1, 0.15) is 5.75 Å². The number of phenolic OH excluding ortho intramolecular Hbond substituents is 1. The Labute approximate surface area is 92.3 Å². The number of hydrogen-bond donors (Lipinski definition) is 2. The van der Waals surface area contributed by atoms with Crippen LogP contribution >= 0.6 is 11.6 Å². The van der Waals surface area contributed by atoms with Gasteiger partial charge in [0.05, 0.1) is 10.4 Å². The number of halogens is 1. The number of aliphatic carboxylic acids is 1. The Bertz CT molecular complexity index is 410. The molecule has 1 aromatic rings. The van der Waals surface area contributed by atoms with Crippen LogP contribution in [0.15, 0.2) is 18.2 Å². The minimum absolute atomic E-state index is 0.00620. The van der Waals surface area contributed by atoms with Gasteiger partial charge in [0.2, 0.25) is 0 Å². The van der Waals surface area contributed by atoms with E-state index in [1.807, 2.05) is 0 Å². The number of carboxylic acid groups (broad SMARTS) is 1. The highest BCUT2D eigenvalue weighted by Gasteiger charge is 2.50. The fourth-order valence-corrected chi connectivity index (χ4v) is 1.88. The normalized spacial score (nSPS) is 17.4. The van der Waals surface area contributed by atoms with Gasteiger partial charge in [-0.1, -0.05) is 23.7 Å². The van der Waals surface area contributed by atoms with Crippen LogP contribution in [0.5, 0.6) is 5.75 Å². The van der Waals surface area contributed by atoms with Gasteiger partial charge in [-0.3, -0.25) is 4.79 Å². The molecule has 0 bridgehead atoms. The van der Waals surface area contributed by atoms with Crippen LogP contribution in [0.2, 0.25) is 5.02 Å². The van der Waals surface area contributed by atoms with Crippen LogP contribution in [0.1, 0.15) is 18.4 Å². The molecule has 0 aromatic heterocycles. The zero-order valence-electron chi connectivity index (χ0n) is 8.03. The van der Waals surface area contributed by atoms with E-state index >= 15 is 0 Å². The van der Waals surface area contributed by atoms with Crippen LogP contribution < -0.4 is 0 Å². The summed E-state index contributed by atoms with van der Waals surface area (Å²) in [5.74, 6) is -0.784. The van der Waals surface area contributed by atoms with Gasteiger partial charge >= 0.3 is 5.97 Å². The summed E-state index contributed by atoms with van der Waals surface area (Å²) in [5, 5.41) is 18.9. The van der Waals surface area contributed by atoms with Crippen molar-refractivity contribution in [1.29, 1.82) is 0 Å². The van der Waals surface area contributed by atoms with Gasteiger partial charge in [-0.15, -0.1) is 0 Å². The summed E-state index contributed by atoms with van der Waals surface area (Å²) in [7, 11) is 0. The van der Waals surface area contributed by atoms with E-state index < -0.39 is 11.4 Å². The number of benzene rings is 1. The first kappa shape index (κ1) is 10.3. The maximum atomic E-state index is 11.0. The third-order valence-electron chi connectivity index (χ3n) is 2.91. The molecule has 0 unspecified atom stereocenters. The van der Waals surface area contributed by atoms with E-state index in [2.05, 4.69) is 0 Å². The highest BCUT2D eigenvalue weighted by molar-refractivity contribution is 6.32. The highest BCUT2D eigenvalue weighted by Crippen LogP contribution is 2.50. The molecule has 0 saturated heterocycles. The number of aromatic hydroxyl groups is 1. The molecule has 1 aliphatic carbocycles. The number of phenols is 1. The summed E-state index contributed by atoms with van der Waals surface area (Å²) in [6, 6.07) is 5.01. The van der Waals surface area contributed by atoms with Gasteiger partial charge in [-0.25, -0.2) is 0 Å². The molecule has 1 fully saturated rings. The number of para-hydroxylation sites is 1. The van der Waals surface area contributed by atoms with Crippen molar-refractivity contribution in [2.45, 2.75) is 19.3 Å². The van der Waals surface area contributed by atoms with Crippen molar-refractivity contribution in [2.24, 2.45) is 5.41 Å². The zero-order valence-corrected chi connectivity index (χ0v) is 8.79. The molecule has 0 aliphatic heterocycles. The van der Waals surface area contributed by atoms with Crippen molar-refractivity contribution in [2.75, 3.05) is 0 Å². The predicted molar refractivity (Wildman–Crippen MR) is 56.1 cm³/mol. The molecular formula is C11H11ClO3. The van der Waals surface area contributed by atoms with E-state index in [0.29, 0.717) is 24.8 Å². The van der Waals surface area contributed by atoms with Crippen molar-refractivity contribution in [3.63, 3.8) is 0 Å². The molecule has 3 nitrogen and oxygen atoms in total. The lowest BCUT2D eigenvalue weighted by Crippen LogP contribution is -2.17. The molecule has 1 aliphatic rings. The first-order valence-electron chi connectivity index (χ1n) is 4.75. The molecule has 0 amide bonds. The third kappa shape index (κ3) is 1.79. The molecule has 0 spiro atoms. The first-order valence-corrected chi connectivity index (χ1v) is 5.13. The SMILES string of the molecule is O=C(O)C1(Cc2cccc(Cl)c2O)CC1. The minimum Gasteiger partial charge on any atom is -0.506 e. The van der Waals surface area contributed by atoms with E-state index in [9.17, 15) is 9.90 Å². The van der Waals surface area contributed by atoms with Crippen LogP contribution in [-0.2, 0) is 11.2 Å². The van der Waals surface area contributed by atoms with Gasteiger partial charge in [0.25, 0.3) is 0 Å². The summed E-state index contributed by atoms with van der Waals surface area (Å²) in [4.78, 5) is 11.0. The summed E-state index contributed by atoms with van der Waals surface area (Å²) < 4.78 is 0. The second kappa shape index (κ2) is 3.42. The van der Waals surface area contributed by atoms with E-state index in [1.165, 1.54) is 0 Å². The van der Waals surface area contributed by atoms with Crippen LogP contribution in [0, 0.1) is 5.41 Å². The molecule has 2 rings (SSSR count). The van der Waals surface area contributed by atoms with Crippen LogP contribution in [-0.4, -0.2) is 16.2 Å². The van der Waals surface area contributed by atoms with Crippen molar-refractivity contribution in [1.82, 2.24) is 0 Å². The van der Waals surface area contributed by atoms with Crippen molar-refractivity contribution in [3.05, 3.63) is 28.8 Å². The Morgan fingerprint density at radius 3 is 2.67 bits per heavy atom. The van der Waals surface area contributed by atoms with Crippen molar-refractivity contribution < 1.29 is 15.0 Å². The van der Waals surface area contributed by atoms with Gasteiger partial charge < -0.3 is 10.2 Å². The summed E-state index contributed by atoms with van der Waals surface area (Å²) in [5.41, 5.74) is -0.0512. The topological polar surface area (TPSA) is 57.5 Å². The smallest absolute Gasteiger partial charge is 0.309 e.